The van der Waals surface area contributed by atoms with Gasteiger partial charge in [0.05, 0.1) is 12.1 Å². The molecular formula is C20H17N3O6S. The third-order valence-electron chi connectivity index (χ3n) is 4.25. The molecule has 0 saturated heterocycles. The minimum Gasteiger partial charge on any atom is -0.496 e. The van der Waals surface area contributed by atoms with Crippen LogP contribution < -0.4 is 16.0 Å². The molecule has 3 rings (SSSR count). The third kappa shape index (κ3) is 4.13. The first kappa shape index (κ1) is 20.9. The summed E-state index contributed by atoms with van der Waals surface area (Å²) in [6.07, 6.45) is 1.66. The van der Waals surface area contributed by atoms with Crippen molar-refractivity contribution in [1.82, 2.24) is 9.97 Å². The number of pyridine rings is 2. The first-order valence-electron chi connectivity index (χ1n) is 8.57. The molecule has 0 aliphatic heterocycles. The molecule has 0 aliphatic rings. The molecule has 30 heavy (non-hydrogen) atoms. The van der Waals surface area contributed by atoms with Gasteiger partial charge in [-0.15, -0.1) is 11.8 Å². The first-order chi connectivity index (χ1) is 14.3. The summed E-state index contributed by atoms with van der Waals surface area (Å²) in [5.41, 5.74) is 4.15. The van der Waals surface area contributed by atoms with Crippen molar-refractivity contribution in [3.05, 3.63) is 69.6 Å². The Balaban J connectivity index is 2.17. The van der Waals surface area contributed by atoms with Gasteiger partial charge in [0.25, 0.3) is 5.56 Å². The quantitative estimate of drug-likeness (QED) is 0.416. The van der Waals surface area contributed by atoms with Gasteiger partial charge >= 0.3 is 11.9 Å². The maximum atomic E-state index is 12.2. The van der Waals surface area contributed by atoms with Crippen molar-refractivity contribution in [2.45, 2.75) is 10.8 Å². The summed E-state index contributed by atoms with van der Waals surface area (Å²) in [6.45, 7) is 0. The van der Waals surface area contributed by atoms with Gasteiger partial charge < -0.3 is 25.7 Å². The Kier molecular flexibility index (Phi) is 6.07. The highest BCUT2D eigenvalue weighted by Crippen LogP contribution is 2.34. The number of nitrogens with one attached hydrogen (secondary N) is 1. The molecule has 2 aromatic heterocycles. The van der Waals surface area contributed by atoms with E-state index in [1.807, 2.05) is 12.1 Å². The van der Waals surface area contributed by atoms with Crippen molar-refractivity contribution in [2.75, 3.05) is 12.8 Å². The molecule has 0 unspecified atom stereocenters. The molecular weight excluding hydrogens is 410 g/mol. The summed E-state index contributed by atoms with van der Waals surface area (Å²) in [5.74, 6) is -2.51. The van der Waals surface area contributed by atoms with Gasteiger partial charge in [0.15, 0.2) is 0 Å². The van der Waals surface area contributed by atoms with E-state index in [4.69, 9.17) is 10.5 Å². The fourth-order valence-corrected chi connectivity index (χ4v) is 3.81. The van der Waals surface area contributed by atoms with Gasteiger partial charge in [-0.3, -0.25) is 4.79 Å². The number of H-pyrrole nitrogens is 1. The number of nitrogen functional groups attached to an aromatic ring is 1. The Morgan fingerprint density at radius 3 is 2.50 bits per heavy atom. The van der Waals surface area contributed by atoms with Gasteiger partial charge in [0, 0.05) is 23.1 Å². The Hall–Kier alpha value is -3.79. The van der Waals surface area contributed by atoms with E-state index in [1.165, 1.54) is 24.9 Å². The van der Waals surface area contributed by atoms with E-state index < -0.39 is 34.4 Å². The average Bonchev–Trinajstić information content (AvgIpc) is 2.71. The number of benzene rings is 1. The number of nitrogens with zero attached hydrogens (tertiary/aromatic N) is 1. The lowest BCUT2D eigenvalue weighted by Crippen LogP contribution is -2.24. The van der Waals surface area contributed by atoms with Gasteiger partial charge in [-0.25, -0.2) is 14.6 Å². The summed E-state index contributed by atoms with van der Waals surface area (Å²) >= 11 is 1.42. The standard InChI is InChI=1S/C20H17N3O6S/c1-29-12-6-5-10(8-11(12)9-30-13-4-2-3-7-22-13)14-15(19(25)26)17(21)23-18(24)16(14)20(27)28/h2-8H,9H2,1H3,(H,25,26)(H,27,28)(H3,21,23,24). The second-order valence-corrected chi connectivity index (χ2v) is 7.08. The molecule has 154 valence electrons. The predicted molar refractivity (Wildman–Crippen MR) is 111 cm³/mol. The van der Waals surface area contributed by atoms with Crippen LogP contribution in [-0.2, 0) is 5.75 Å². The Bertz CT molecular complexity index is 1180. The van der Waals surface area contributed by atoms with Crippen LogP contribution in [0.3, 0.4) is 0 Å². The summed E-state index contributed by atoms with van der Waals surface area (Å²) in [7, 11) is 1.49. The number of nitrogens with two attached hydrogens (primary N) is 1. The Morgan fingerprint density at radius 2 is 1.90 bits per heavy atom. The van der Waals surface area contributed by atoms with Gasteiger partial charge in [-0.1, -0.05) is 12.1 Å². The minimum atomic E-state index is -1.56. The van der Waals surface area contributed by atoms with Crippen molar-refractivity contribution in [3.63, 3.8) is 0 Å². The fraction of sp³-hybridized carbons (Fsp3) is 0.100. The summed E-state index contributed by atoms with van der Waals surface area (Å²) in [6, 6.07) is 10.1. The molecule has 9 nitrogen and oxygen atoms in total. The zero-order valence-corrected chi connectivity index (χ0v) is 16.5. The van der Waals surface area contributed by atoms with Crippen molar-refractivity contribution < 1.29 is 24.5 Å². The molecule has 0 amide bonds. The first-order valence-corrected chi connectivity index (χ1v) is 9.55. The number of aromatic nitrogens is 2. The van der Waals surface area contributed by atoms with Gasteiger partial charge in [-0.05, 0) is 29.8 Å². The highest BCUT2D eigenvalue weighted by molar-refractivity contribution is 7.98. The smallest absolute Gasteiger partial charge is 0.342 e. The number of carboxylic acids is 2. The molecule has 1 aromatic carbocycles. The van der Waals surface area contributed by atoms with Crippen LogP contribution in [-0.4, -0.2) is 39.2 Å². The molecule has 10 heteroatoms. The van der Waals surface area contributed by atoms with E-state index >= 15 is 0 Å². The zero-order chi connectivity index (χ0) is 21.8. The number of methoxy groups -OCH3 is 1. The normalized spacial score (nSPS) is 10.6. The third-order valence-corrected chi connectivity index (χ3v) is 5.25. The summed E-state index contributed by atoms with van der Waals surface area (Å²) in [4.78, 5) is 42.1. The summed E-state index contributed by atoms with van der Waals surface area (Å²) in [5, 5.41) is 19.9. The molecule has 0 spiro atoms. The van der Waals surface area contributed by atoms with Crippen molar-refractivity contribution in [2.24, 2.45) is 0 Å². The maximum absolute atomic E-state index is 12.2. The second kappa shape index (κ2) is 8.70. The van der Waals surface area contributed by atoms with Crippen molar-refractivity contribution in [3.8, 4) is 16.9 Å². The van der Waals surface area contributed by atoms with E-state index in [-0.39, 0.29) is 11.1 Å². The molecule has 0 radical (unpaired) electrons. The average molecular weight is 427 g/mol. The van der Waals surface area contributed by atoms with E-state index in [0.717, 1.165) is 5.03 Å². The van der Waals surface area contributed by atoms with Gasteiger partial charge in [0.1, 0.15) is 22.7 Å². The zero-order valence-electron chi connectivity index (χ0n) is 15.7. The molecule has 0 bridgehead atoms. The second-order valence-electron chi connectivity index (χ2n) is 6.09. The topological polar surface area (TPSA) is 156 Å². The summed E-state index contributed by atoms with van der Waals surface area (Å²) < 4.78 is 5.37. The predicted octanol–water partition coefficient (Wildman–Crippen LogP) is 2.72. The highest BCUT2D eigenvalue weighted by atomic mass is 32.2. The molecule has 3 aromatic rings. The number of rotatable bonds is 7. The van der Waals surface area contributed by atoms with E-state index in [2.05, 4.69) is 9.97 Å². The SMILES string of the molecule is COc1ccc(-c2c(C(=O)O)c(N)[nH]c(=O)c2C(=O)O)cc1CSc1ccccn1. The number of hydrogen-bond acceptors (Lipinski definition) is 7. The van der Waals surface area contributed by atoms with Crippen LogP contribution in [0.1, 0.15) is 26.3 Å². The number of aromatic carboxylic acids is 2. The van der Waals surface area contributed by atoms with Gasteiger partial charge in [-0.2, -0.15) is 0 Å². The van der Waals surface area contributed by atoms with Crippen LogP contribution >= 0.6 is 11.8 Å². The lowest BCUT2D eigenvalue weighted by molar-refractivity contribution is 0.0695. The van der Waals surface area contributed by atoms with Crippen LogP contribution in [0.5, 0.6) is 5.75 Å². The minimum absolute atomic E-state index is 0.222. The number of carbonyl (C=O) groups is 2. The van der Waals surface area contributed by atoms with E-state index in [1.54, 1.807) is 24.4 Å². The number of ether oxygens (including phenoxy) is 1. The molecule has 0 fully saturated rings. The lowest BCUT2D eigenvalue weighted by atomic mass is 9.94. The van der Waals surface area contributed by atoms with Crippen LogP contribution in [0.2, 0.25) is 0 Å². The Labute approximate surface area is 174 Å². The number of hydrogen-bond donors (Lipinski definition) is 4. The number of anilines is 1. The van der Waals surface area contributed by atoms with Crippen molar-refractivity contribution >= 4 is 29.5 Å². The van der Waals surface area contributed by atoms with Crippen molar-refractivity contribution in [1.29, 1.82) is 0 Å². The maximum Gasteiger partial charge on any atom is 0.342 e. The molecule has 2 heterocycles. The molecule has 0 atom stereocenters. The number of aromatic amines is 1. The molecule has 5 N–H and O–H groups in total. The molecule has 0 aliphatic carbocycles. The number of carboxylic acid groups (broad SMARTS) is 2. The van der Waals surface area contributed by atoms with Crippen LogP contribution in [0.15, 0.2) is 52.4 Å². The van der Waals surface area contributed by atoms with Gasteiger partial charge in [0.2, 0.25) is 0 Å². The lowest BCUT2D eigenvalue weighted by Gasteiger charge is -2.15. The van der Waals surface area contributed by atoms with E-state index in [0.29, 0.717) is 17.1 Å². The monoisotopic (exact) mass is 427 g/mol. The largest absolute Gasteiger partial charge is 0.496 e. The fourth-order valence-electron chi connectivity index (χ4n) is 2.97. The van der Waals surface area contributed by atoms with Crippen LogP contribution in [0, 0.1) is 0 Å². The highest BCUT2D eigenvalue weighted by Gasteiger charge is 2.27. The van der Waals surface area contributed by atoms with Crippen LogP contribution in [0.4, 0.5) is 5.82 Å². The number of thioether (sulfide) groups is 1. The Morgan fingerprint density at radius 1 is 1.17 bits per heavy atom. The van der Waals surface area contributed by atoms with E-state index in [9.17, 15) is 24.6 Å². The van der Waals surface area contributed by atoms with Crippen LogP contribution in [0.25, 0.3) is 11.1 Å². The molecule has 0 saturated carbocycles.